The number of hydrogen-bond donors (Lipinski definition) is 1. The van der Waals surface area contributed by atoms with E-state index >= 15 is 0 Å². The first-order valence-corrected chi connectivity index (χ1v) is 11.5. The third-order valence-electron chi connectivity index (χ3n) is 5.32. The molecule has 1 aromatic heterocycles. The van der Waals surface area contributed by atoms with Crippen LogP contribution in [0.1, 0.15) is 36.3 Å². The minimum Gasteiger partial charge on any atom is -0.384 e. The molecule has 0 fully saturated rings. The van der Waals surface area contributed by atoms with Crippen molar-refractivity contribution in [3.8, 4) is 6.07 Å². The maximum atomic E-state index is 13.1. The van der Waals surface area contributed by atoms with E-state index in [4.69, 9.17) is 5.73 Å². The molecular weight excluding hydrogens is 414 g/mol. The molecule has 0 amide bonds. The highest BCUT2D eigenvalue weighted by Gasteiger charge is 2.41. The van der Waals surface area contributed by atoms with Crippen molar-refractivity contribution in [1.82, 2.24) is 10.2 Å². The minimum absolute atomic E-state index is 0.0699. The molecule has 0 radical (unpaired) electrons. The van der Waals surface area contributed by atoms with Crippen LogP contribution in [0.2, 0.25) is 0 Å². The minimum atomic E-state index is -0.446. The van der Waals surface area contributed by atoms with E-state index in [2.05, 4.69) is 22.8 Å². The second kappa shape index (κ2) is 8.46. The number of Topliss-reactive ketones (excluding diaryl/α,β-unsaturated/α-hetero) is 1. The van der Waals surface area contributed by atoms with Crippen molar-refractivity contribution in [3.05, 3.63) is 70.7 Å². The van der Waals surface area contributed by atoms with Crippen LogP contribution in [0.25, 0.3) is 0 Å². The van der Waals surface area contributed by atoms with Gasteiger partial charge in [-0.2, -0.15) is 5.26 Å². The third-order valence-corrected chi connectivity index (χ3v) is 7.36. The lowest BCUT2D eigenvalue weighted by Crippen LogP contribution is -2.38. The van der Waals surface area contributed by atoms with Crippen molar-refractivity contribution >= 4 is 34.0 Å². The predicted octanol–water partition coefficient (Wildman–Crippen LogP) is 4.43. The van der Waals surface area contributed by atoms with Gasteiger partial charge in [-0.25, -0.2) is 0 Å². The summed E-state index contributed by atoms with van der Waals surface area (Å²) in [6.07, 6.45) is 3.74. The van der Waals surface area contributed by atoms with Crippen LogP contribution in [-0.4, -0.2) is 21.7 Å². The Hall–Kier alpha value is -2.89. The normalized spacial score (nSPS) is 19.0. The van der Waals surface area contributed by atoms with Crippen molar-refractivity contribution in [2.75, 3.05) is 10.7 Å². The summed E-state index contributed by atoms with van der Waals surface area (Å²) in [5.74, 6) is 0.680. The molecule has 30 heavy (non-hydrogen) atoms. The van der Waals surface area contributed by atoms with Gasteiger partial charge in [-0.05, 0) is 30.9 Å². The number of hydrogen-bond acceptors (Lipinski definition) is 8. The summed E-state index contributed by atoms with van der Waals surface area (Å²) in [4.78, 5) is 14.9. The zero-order valence-electron chi connectivity index (χ0n) is 16.6. The first-order chi connectivity index (χ1) is 14.6. The van der Waals surface area contributed by atoms with Crippen molar-refractivity contribution < 1.29 is 4.79 Å². The van der Waals surface area contributed by atoms with Gasteiger partial charge in [0.1, 0.15) is 5.82 Å². The summed E-state index contributed by atoms with van der Waals surface area (Å²) in [7, 11) is 0. The number of anilines is 1. The zero-order chi connectivity index (χ0) is 21.3. The van der Waals surface area contributed by atoms with E-state index in [9.17, 15) is 10.1 Å². The van der Waals surface area contributed by atoms with Crippen LogP contribution in [-0.2, 0) is 4.79 Å². The van der Waals surface area contributed by atoms with E-state index in [1.165, 1.54) is 23.1 Å². The highest BCUT2D eigenvalue weighted by Crippen LogP contribution is 2.47. The number of carbonyl (C=O) groups excluding carboxylic acids is 1. The molecule has 2 heterocycles. The number of thioether (sulfide) groups is 1. The zero-order valence-corrected chi connectivity index (χ0v) is 18.2. The number of rotatable bonds is 5. The molecule has 1 atom stereocenters. The Morgan fingerprint density at radius 2 is 2.20 bits per heavy atom. The lowest BCUT2D eigenvalue weighted by Gasteiger charge is -2.38. The molecule has 4 rings (SSSR count). The van der Waals surface area contributed by atoms with Gasteiger partial charge in [-0.15, -0.1) is 16.8 Å². The lowest BCUT2D eigenvalue weighted by molar-refractivity contribution is -0.116. The first-order valence-electron chi connectivity index (χ1n) is 9.65. The van der Waals surface area contributed by atoms with Gasteiger partial charge in [0.05, 0.1) is 17.6 Å². The average molecular weight is 436 g/mol. The number of nitrogens with zero attached hydrogens (tertiary/aromatic N) is 4. The Bertz CT molecular complexity index is 1120. The molecule has 1 aliphatic heterocycles. The SMILES string of the molecule is C=CCSc1nnc(N2C(N)=C(C#N)C(c3ccccc3C)C3=C2CCCC3=O)s1. The second-order valence-electron chi connectivity index (χ2n) is 7.12. The summed E-state index contributed by atoms with van der Waals surface area (Å²) in [5.41, 5.74) is 10.4. The van der Waals surface area contributed by atoms with Crippen LogP contribution >= 0.6 is 23.1 Å². The number of benzene rings is 1. The molecule has 1 aromatic carbocycles. The molecule has 8 heteroatoms. The molecule has 1 aliphatic carbocycles. The van der Waals surface area contributed by atoms with Crippen LogP contribution in [0.3, 0.4) is 0 Å². The van der Waals surface area contributed by atoms with Crippen LogP contribution < -0.4 is 10.6 Å². The van der Waals surface area contributed by atoms with Gasteiger partial charge in [-0.1, -0.05) is 53.4 Å². The number of nitrogens with two attached hydrogens (primary N) is 1. The predicted molar refractivity (Wildman–Crippen MR) is 120 cm³/mol. The fourth-order valence-corrected chi connectivity index (χ4v) is 5.65. The monoisotopic (exact) mass is 435 g/mol. The Morgan fingerprint density at radius 1 is 1.40 bits per heavy atom. The average Bonchev–Trinajstić information content (AvgIpc) is 3.20. The lowest BCUT2D eigenvalue weighted by atomic mass is 9.75. The molecule has 0 saturated heterocycles. The van der Waals surface area contributed by atoms with Crippen molar-refractivity contribution in [1.29, 1.82) is 5.26 Å². The molecule has 1 unspecified atom stereocenters. The molecule has 152 valence electrons. The molecule has 2 aliphatic rings. The molecular formula is C22H21N5OS2. The summed E-state index contributed by atoms with van der Waals surface area (Å²) in [5, 5.41) is 19.2. The highest BCUT2D eigenvalue weighted by molar-refractivity contribution is 8.01. The molecule has 6 nitrogen and oxygen atoms in total. The van der Waals surface area contributed by atoms with Gasteiger partial charge in [0.15, 0.2) is 10.1 Å². The van der Waals surface area contributed by atoms with E-state index in [0.717, 1.165) is 33.3 Å². The smallest absolute Gasteiger partial charge is 0.219 e. The quantitative estimate of drug-likeness (QED) is 0.548. The Kier molecular flexibility index (Phi) is 5.75. The molecule has 0 bridgehead atoms. The van der Waals surface area contributed by atoms with Gasteiger partial charge >= 0.3 is 0 Å². The topological polar surface area (TPSA) is 95.9 Å². The Labute approximate surface area is 183 Å². The van der Waals surface area contributed by atoms with E-state index in [-0.39, 0.29) is 5.78 Å². The van der Waals surface area contributed by atoms with Crippen LogP contribution in [0.4, 0.5) is 5.13 Å². The Morgan fingerprint density at radius 3 is 2.93 bits per heavy atom. The largest absolute Gasteiger partial charge is 0.384 e. The van der Waals surface area contributed by atoms with Crippen molar-refractivity contribution in [2.45, 2.75) is 36.4 Å². The van der Waals surface area contributed by atoms with E-state index in [1.807, 2.05) is 37.3 Å². The summed E-state index contributed by atoms with van der Waals surface area (Å²) < 4.78 is 0.793. The van der Waals surface area contributed by atoms with E-state index in [1.54, 1.807) is 4.90 Å². The van der Waals surface area contributed by atoms with Gasteiger partial charge < -0.3 is 5.73 Å². The highest BCUT2D eigenvalue weighted by atomic mass is 32.2. The van der Waals surface area contributed by atoms with E-state index in [0.29, 0.717) is 34.9 Å². The number of ketones is 1. The van der Waals surface area contributed by atoms with Crippen LogP contribution in [0.15, 0.2) is 63.9 Å². The number of aromatic nitrogens is 2. The Balaban J connectivity index is 1.89. The van der Waals surface area contributed by atoms with Gasteiger partial charge in [0.25, 0.3) is 0 Å². The van der Waals surface area contributed by atoms with Crippen molar-refractivity contribution in [3.63, 3.8) is 0 Å². The number of allylic oxidation sites excluding steroid dienone is 3. The molecule has 2 aromatic rings. The third kappa shape index (κ3) is 3.44. The molecule has 2 N–H and O–H groups in total. The van der Waals surface area contributed by atoms with Gasteiger partial charge in [-0.3, -0.25) is 9.69 Å². The number of aryl methyl sites for hydroxylation is 1. The fraction of sp³-hybridized carbons (Fsp3) is 0.273. The summed E-state index contributed by atoms with van der Waals surface area (Å²) >= 11 is 2.94. The van der Waals surface area contributed by atoms with E-state index < -0.39 is 5.92 Å². The van der Waals surface area contributed by atoms with Gasteiger partial charge in [0, 0.05) is 23.4 Å². The number of carbonyl (C=O) groups is 1. The fourth-order valence-electron chi connectivity index (χ4n) is 4.01. The first kappa shape index (κ1) is 20.4. The number of nitriles is 1. The summed E-state index contributed by atoms with van der Waals surface area (Å²) in [6.45, 7) is 5.72. The summed E-state index contributed by atoms with van der Waals surface area (Å²) in [6, 6.07) is 10.1. The standard InChI is InChI=1S/C22H21N5OS2/c1-3-11-29-22-26-25-21(30-22)27-16-9-6-10-17(28)19(16)18(15(12-23)20(27)24)14-8-5-4-7-13(14)2/h3-5,7-8,18H,1,6,9-11,24H2,2H3. The van der Waals surface area contributed by atoms with Gasteiger partial charge in [0.2, 0.25) is 5.13 Å². The molecule has 0 saturated carbocycles. The van der Waals surface area contributed by atoms with Crippen LogP contribution in [0.5, 0.6) is 0 Å². The van der Waals surface area contributed by atoms with Crippen molar-refractivity contribution in [2.24, 2.45) is 5.73 Å². The van der Waals surface area contributed by atoms with Crippen LogP contribution in [0, 0.1) is 18.3 Å². The maximum Gasteiger partial charge on any atom is 0.219 e. The second-order valence-corrected chi connectivity index (χ2v) is 9.35. The molecule has 0 spiro atoms. The maximum absolute atomic E-state index is 13.1.